The molecule has 0 saturated heterocycles. The molecule has 0 radical (unpaired) electrons. The fraction of sp³-hybridized carbons (Fsp3) is 0.133. The van der Waals surface area contributed by atoms with Gasteiger partial charge in [0.1, 0.15) is 0 Å². The molecular weight excluding hydrogens is 210 g/mol. The Morgan fingerprint density at radius 2 is 1.76 bits per heavy atom. The Labute approximate surface area is 103 Å². The van der Waals surface area contributed by atoms with E-state index in [1.165, 1.54) is 6.08 Å². The monoisotopic (exact) mass is 227 g/mol. The van der Waals surface area contributed by atoms with Crippen LogP contribution >= 0.6 is 0 Å². The minimum Gasteiger partial charge on any atom is -0.383 e. The molecule has 0 spiro atoms. The Bertz CT molecular complexity index is 427. The number of benzene rings is 1. The molecule has 0 amide bonds. The first-order valence-electron chi connectivity index (χ1n) is 5.47. The molecule has 0 aliphatic rings. The Morgan fingerprint density at radius 1 is 1.06 bits per heavy atom. The van der Waals surface area contributed by atoms with Crippen molar-refractivity contribution < 1.29 is 4.79 Å². The van der Waals surface area contributed by atoms with Crippen molar-refractivity contribution >= 4 is 11.9 Å². The van der Waals surface area contributed by atoms with E-state index in [1.807, 2.05) is 61.5 Å². The van der Waals surface area contributed by atoms with E-state index in [0.717, 1.165) is 5.56 Å². The molecule has 1 rings (SSSR count). The zero-order valence-electron chi connectivity index (χ0n) is 10.2. The van der Waals surface area contributed by atoms with Crippen molar-refractivity contribution in [2.75, 3.05) is 14.1 Å². The molecule has 0 heterocycles. The zero-order chi connectivity index (χ0) is 12.5. The topological polar surface area (TPSA) is 20.3 Å². The van der Waals surface area contributed by atoms with Crippen molar-refractivity contribution in [1.29, 1.82) is 0 Å². The Kier molecular flexibility index (Phi) is 5.52. The number of rotatable bonds is 5. The normalized spacial score (nSPS) is 11.6. The molecule has 0 N–H and O–H groups in total. The summed E-state index contributed by atoms with van der Waals surface area (Å²) < 4.78 is 0. The highest BCUT2D eigenvalue weighted by atomic mass is 16.1. The molecule has 1 aromatic rings. The van der Waals surface area contributed by atoms with Gasteiger partial charge in [-0.2, -0.15) is 0 Å². The van der Waals surface area contributed by atoms with E-state index < -0.39 is 0 Å². The van der Waals surface area contributed by atoms with Crippen LogP contribution < -0.4 is 0 Å². The number of hydrogen-bond donors (Lipinski definition) is 0. The molecule has 1 aromatic carbocycles. The Hall–Kier alpha value is -2.09. The lowest BCUT2D eigenvalue weighted by molar-refractivity contribution is -0.110. The number of carbonyl (C=O) groups excluding carboxylic acids is 1. The van der Waals surface area contributed by atoms with Gasteiger partial charge in [0.15, 0.2) is 5.78 Å². The van der Waals surface area contributed by atoms with Crippen LogP contribution in [0.25, 0.3) is 6.08 Å². The maximum Gasteiger partial charge on any atom is 0.180 e. The van der Waals surface area contributed by atoms with E-state index in [-0.39, 0.29) is 5.78 Å². The standard InChI is InChI=1S/C15H17NO/c1-16(2)13-12-15(17)11-7-6-10-14-8-4-3-5-9-14/h3-13H,1-2H3/b10-6+,11-7+,13-12+. The van der Waals surface area contributed by atoms with E-state index in [1.54, 1.807) is 18.4 Å². The summed E-state index contributed by atoms with van der Waals surface area (Å²) in [5.41, 5.74) is 1.12. The third-order valence-electron chi connectivity index (χ3n) is 2.00. The summed E-state index contributed by atoms with van der Waals surface area (Å²) in [7, 11) is 3.76. The van der Waals surface area contributed by atoms with Crippen LogP contribution in [0.3, 0.4) is 0 Å². The molecular formula is C15H17NO. The maximum atomic E-state index is 11.3. The molecule has 17 heavy (non-hydrogen) atoms. The van der Waals surface area contributed by atoms with Gasteiger partial charge in [-0.1, -0.05) is 48.6 Å². The summed E-state index contributed by atoms with van der Waals surface area (Å²) in [6, 6.07) is 9.96. The second-order valence-corrected chi connectivity index (χ2v) is 3.81. The number of carbonyl (C=O) groups is 1. The van der Waals surface area contributed by atoms with E-state index in [4.69, 9.17) is 0 Å². The van der Waals surface area contributed by atoms with Gasteiger partial charge in [-0.15, -0.1) is 0 Å². The zero-order valence-corrected chi connectivity index (χ0v) is 10.2. The van der Waals surface area contributed by atoms with Crippen molar-refractivity contribution in [3.63, 3.8) is 0 Å². The van der Waals surface area contributed by atoms with Crippen molar-refractivity contribution in [2.24, 2.45) is 0 Å². The molecule has 0 aliphatic carbocycles. The summed E-state index contributed by atoms with van der Waals surface area (Å²) in [5, 5.41) is 0. The van der Waals surface area contributed by atoms with Crippen molar-refractivity contribution in [3.05, 3.63) is 66.4 Å². The van der Waals surface area contributed by atoms with Crippen molar-refractivity contribution in [3.8, 4) is 0 Å². The van der Waals surface area contributed by atoms with Gasteiger partial charge >= 0.3 is 0 Å². The van der Waals surface area contributed by atoms with Crippen LogP contribution in [-0.4, -0.2) is 24.8 Å². The number of nitrogens with zero attached hydrogens (tertiary/aromatic N) is 1. The first-order chi connectivity index (χ1) is 8.18. The van der Waals surface area contributed by atoms with Gasteiger partial charge in [0.05, 0.1) is 0 Å². The van der Waals surface area contributed by atoms with Crippen molar-refractivity contribution in [1.82, 2.24) is 4.90 Å². The molecule has 0 aliphatic heterocycles. The third kappa shape index (κ3) is 6.15. The van der Waals surface area contributed by atoms with Crippen LogP contribution in [0.1, 0.15) is 5.56 Å². The largest absolute Gasteiger partial charge is 0.383 e. The highest BCUT2D eigenvalue weighted by molar-refractivity contribution is 5.99. The van der Waals surface area contributed by atoms with Gasteiger partial charge in [0, 0.05) is 26.4 Å². The first kappa shape index (κ1) is 13.0. The summed E-state index contributed by atoms with van der Waals surface area (Å²) in [4.78, 5) is 13.1. The van der Waals surface area contributed by atoms with Crippen molar-refractivity contribution in [2.45, 2.75) is 0 Å². The number of ketones is 1. The molecule has 88 valence electrons. The smallest absolute Gasteiger partial charge is 0.180 e. The van der Waals surface area contributed by atoms with Gasteiger partial charge in [-0.25, -0.2) is 0 Å². The van der Waals surface area contributed by atoms with E-state index in [0.29, 0.717) is 0 Å². The minimum absolute atomic E-state index is 0.0172. The van der Waals surface area contributed by atoms with Crippen LogP contribution in [0, 0.1) is 0 Å². The quantitative estimate of drug-likeness (QED) is 0.569. The van der Waals surface area contributed by atoms with Gasteiger partial charge < -0.3 is 4.90 Å². The molecule has 0 aromatic heterocycles. The van der Waals surface area contributed by atoms with Crippen LogP contribution in [0.2, 0.25) is 0 Å². The fourth-order valence-electron chi connectivity index (χ4n) is 1.16. The third-order valence-corrected chi connectivity index (χ3v) is 2.00. The second-order valence-electron chi connectivity index (χ2n) is 3.81. The predicted octanol–water partition coefficient (Wildman–Crippen LogP) is 2.90. The summed E-state index contributed by atoms with van der Waals surface area (Å²) in [5.74, 6) is -0.0172. The number of allylic oxidation sites excluding steroid dienone is 4. The lowest BCUT2D eigenvalue weighted by Gasteiger charge is -2.00. The van der Waals surface area contributed by atoms with Gasteiger partial charge in [0.25, 0.3) is 0 Å². The van der Waals surface area contributed by atoms with Crippen LogP contribution in [-0.2, 0) is 4.79 Å². The lowest BCUT2D eigenvalue weighted by atomic mass is 10.2. The van der Waals surface area contributed by atoms with Gasteiger partial charge in [-0.05, 0) is 11.6 Å². The maximum absolute atomic E-state index is 11.3. The number of hydrogen-bond acceptors (Lipinski definition) is 2. The summed E-state index contributed by atoms with van der Waals surface area (Å²) in [6.07, 6.45) is 10.4. The van der Waals surface area contributed by atoms with E-state index in [9.17, 15) is 4.79 Å². The minimum atomic E-state index is -0.0172. The molecule has 0 unspecified atom stereocenters. The predicted molar refractivity (Wildman–Crippen MR) is 72.5 cm³/mol. The summed E-state index contributed by atoms with van der Waals surface area (Å²) in [6.45, 7) is 0. The molecule has 2 nitrogen and oxygen atoms in total. The highest BCUT2D eigenvalue weighted by Gasteiger charge is 1.86. The Morgan fingerprint density at radius 3 is 2.41 bits per heavy atom. The SMILES string of the molecule is CN(C)/C=C/C(=O)/C=C/C=C/c1ccccc1. The van der Waals surface area contributed by atoms with Gasteiger partial charge in [0.2, 0.25) is 0 Å². The second kappa shape index (κ2) is 7.23. The Balaban J connectivity index is 2.45. The summed E-state index contributed by atoms with van der Waals surface area (Å²) >= 11 is 0. The van der Waals surface area contributed by atoms with Crippen LogP contribution in [0.15, 0.2) is 60.8 Å². The molecule has 0 atom stereocenters. The molecule has 2 heteroatoms. The van der Waals surface area contributed by atoms with E-state index >= 15 is 0 Å². The highest BCUT2D eigenvalue weighted by Crippen LogP contribution is 2.00. The molecule has 0 fully saturated rings. The van der Waals surface area contributed by atoms with E-state index in [2.05, 4.69) is 0 Å². The lowest BCUT2D eigenvalue weighted by Crippen LogP contribution is -2.01. The van der Waals surface area contributed by atoms with Gasteiger partial charge in [-0.3, -0.25) is 4.79 Å². The van der Waals surface area contributed by atoms with Crippen LogP contribution in [0.5, 0.6) is 0 Å². The first-order valence-corrected chi connectivity index (χ1v) is 5.47. The average molecular weight is 227 g/mol. The fourth-order valence-corrected chi connectivity index (χ4v) is 1.16. The van der Waals surface area contributed by atoms with Crippen LogP contribution in [0.4, 0.5) is 0 Å². The average Bonchev–Trinajstić information content (AvgIpc) is 2.33. The molecule has 0 saturated carbocycles. The molecule has 0 bridgehead atoms.